The smallest absolute Gasteiger partial charge is 0.331 e. The highest BCUT2D eigenvalue weighted by atomic mass is 16.5. The highest BCUT2D eigenvalue weighted by molar-refractivity contribution is 5.93. The molecule has 0 saturated carbocycles. The fourth-order valence-electron chi connectivity index (χ4n) is 3.67. The Morgan fingerprint density at radius 2 is 1.81 bits per heavy atom. The van der Waals surface area contributed by atoms with Gasteiger partial charge in [0.05, 0.1) is 6.61 Å². The lowest BCUT2D eigenvalue weighted by atomic mass is 9.99. The van der Waals surface area contributed by atoms with Gasteiger partial charge in [0.25, 0.3) is 0 Å². The number of hydrogen-bond acceptors (Lipinski definition) is 2. The average Bonchev–Trinajstić information content (AvgIpc) is 3.04. The van der Waals surface area contributed by atoms with E-state index in [4.69, 9.17) is 4.74 Å². The second kappa shape index (κ2) is 10.2. The van der Waals surface area contributed by atoms with E-state index in [1.54, 1.807) is 6.08 Å². The maximum absolute atomic E-state index is 11.9. The van der Waals surface area contributed by atoms with Crippen LogP contribution in [0.25, 0.3) is 16.5 Å². The lowest BCUT2D eigenvalue weighted by Crippen LogP contribution is -2.07. The van der Waals surface area contributed by atoms with Crippen LogP contribution in [0.4, 0.5) is 0 Å². The SMILES string of the molecule is CCC/C(=C\C(=O)OCC)c1ccc2c(ccn2C(CCC)CCC)c1. The van der Waals surface area contributed by atoms with Crippen LogP contribution in [0.15, 0.2) is 36.5 Å². The van der Waals surface area contributed by atoms with Crippen molar-refractivity contribution >= 4 is 22.4 Å². The molecule has 0 aliphatic carbocycles. The number of carbonyl (C=O) groups is 1. The first kappa shape index (κ1) is 20.3. The lowest BCUT2D eigenvalue weighted by molar-refractivity contribution is -0.137. The van der Waals surface area contributed by atoms with Crippen LogP contribution < -0.4 is 0 Å². The average molecular weight is 356 g/mol. The molecule has 0 aliphatic heterocycles. The minimum absolute atomic E-state index is 0.250. The van der Waals surface area contributed by atoms with E-state index in [-0.39, 0.29) is 5.97 Å². The van der Waals surface area contributed by atoms with Gasteiger partial charge in [-0.15, -0.1) is 0 Å². The van der Waals surface area contributed by atoms with Crippen LogP contribution in [-0.2, 0) is 9.53 Å². The molecule has 0 saturated heterocycles. The van der Waals surface area contributed by atoms with Gasteiger partial charge in [-0.1, -0.05) is 46.1 Å². The van der Waals surface area contributed by atoms with Gasteiger partial charge < -0.3 is 9.30 Å². The third-order valence-corrected chi connectivity index (χ3v) is 4.83. The number of aromatic nitrogens is 1. The maximum Gasteiger partial charge on any atom is 0.331 e. The van der Waals surface area contributed by atoms with Crippen LogP contribution >= 0.6 is 0 Å². The number of benzene rings is 1. The van der Waals surface area contributed by atoms with Crippen molar-refractivity contribution in [2.24, 2.45) is 0 Å². The van der Waals surface area contributed by atoms with E-state index >= 15 is 0 Å². The van der Waals surface area contributed by atoms with Crippen LogP contribution in [0.2, 0.25) is 0 Å². The Morgan fingerprint density at radius 1 is 1.08 bits per heavy atom. The zero-order valence-corrected chi connectivity index (χ0v) is 16.8. The second-order valence-corrected chi connectivity index (χ2v) is 6.90. The standard InChI is InChI=1S/C23H33NO2/c1-5-9-18(17-23(25)26-8-4)19-12-13-22-20(16-19)14-15-24(22)21(10-6-2)11-7-3/h12-17,21H,5-11H2,1-4H3/b18-17+. The van der Waals surface area contributed by atoms with Gasteiger partial charge in [0.1, 0.15) is 0 Å². The number of allylic oxidation sites excluding steroid dienone is 1. The fourth-order valence-corrected chi connectivity index (χ4v) is 3.67. The lowest BCUT2D eigenvalue weighted by Gasteiger charge is -2.19. The Bertz CT molecular complexity index is 736. The van der Waals surface area contributed by atoms with E-state index in [1.165, 1.54) is 36.6 Å². The molecule has 1 aromatic heterocycles. The first-order valence-corrected chi connectivity index (χ1v) is 10.1. The van der Waals surface area contributed by atoms with Crippen molar-refractivity contribution in [1.29, 1.82) is 0 Å². The molecule has 0 fully saturated rings. The van der Waals surface area contributed by atoms with Gasteiger partial charge in [-0.2, -0.15) is 0 Å². The highest BCUT2D eigenvalue weighted by Crippen LogP contribution is 2.29. The number of hydrogen-bond donors (Lipinski definition) is 0. The first-order valence-electron chi connectivity index (χ1n) is 10.1. The van der Waals surface area contributed by atoms with Gasteiger partial charge in [-0.25, -0.2) is 4.79 Å². The molecule has 0 unspecified atom stereocenters. The minimum Gasteiger partial charge on any atom is -0.463 e. The van der Waals surface area contributed by atoms with Gasteiger partial charge in [-0.05, 0) is 55.5 Å². The molecule has 3 nitrogen and oxygen atoms in total. The molecular weight excluding hydrogens is 322 g/mol. The largest absolute Gasteiger partial charge is 0.463 e. The van der Waals surface area contributed by atoms with Gasteiger partial charge in [0, 0.05) is 29.2 Å². The number of fused-ring (bicyclic) bond motifs is 1. The van der Waals surface area contributed by atoms with Crippen molar-refractivity contribution in [3.8, 4) is 0 Å². The Hall–Kier alpha value is -2.03. The summed E-state index contributed by atoms with van der Waals surface area (Å²) < 4.78 is 7.53. The number of rotatable bonds is 10. The van der Waals surface area contributed by atoms with E-state index < -0.39 is 0 Å². The maximum atomic E-state index is 11.9. The van der Waals surface area contributed by atoms with Gasteiger partial charge in [0.2, 0.25) is 0 Å². The van der Waals surface area contributed by atoms with Crippen LogP contribution in [0.1, 0.15) is 77.8 Å². The van der Waals surface area contributed by atoms with Crippen LogP contribution in [0, 0.1) is 0 Å². The summed E-state index contributed by atoms with van der Waals surface area (Å²) in [6.45, 7) is 8.89. The monoisotopic (exact) mass is 355 g/mol. The summed E-state index contributed by atoms with van der Waals surface area (Å²) in [6.07, 6.45) is 10.6. The molecule has 0 atom stereocenters. The van der Waals surface area contributed by atoms with Gasteiger partial charge in [0.15, 0.2) is 0 Å². The molecule has 26 heavy (non-hydrogen) atoms. The van der Waals surface area contributed by atoms with E-state index in [0.717, 1.165) is 24.0 Å². The second-order valence-electron chi connectivity index (χ2n) is 6.90. The Kier molecular flexibility index (Phi) is 7.96. The van der Waals surface area contributed by atoms with E-state index in [2.05, 4.69) is 55.8 Å². The van der Waals surface area contributed by atoms with Crippen LogP contribution in [0.3, 0.4) is 0 Å². The zero-order valence-electron chi connectivity index (χ0n) is 16.8. The molecule has 1 heterocycles. The van der Waals surface area contributed by atoms with E-state index in [1.807, 2.05) is 6.92 Å². The normalized spacial score (nSPS) is 12.1. The molecule has 2 aromatic rings. The molecule has 0 amide bonds. The van der Waals surface area contributed by atoms with Crippen LogP contribution in [0.5, 0.6) is 0 Å². The molecule has 0 N–H and O–H groups in total. The fraction of sp³-hybridized carbons (Fsp3) is 0.522. The third kappa shape index (κ3) is 5.00. The van der Waals surface area contributed by atoms with Gasteiger partial charge in [-0.3, -0.25) is 0 Å². The van der Waals surface area contributed by atoms with Gasteiger partial charge >= 0.3 is 5.97 Å². The predicted molar refractivity (Wildman–Crippen MR) is 110 cm³/mol. The number of ether oxygens (including phenoxy) is 1. The predicted octanol–water partition coefficient (Wildman–Crippen LogP) is 6.53. The molecule has 0 spiro atoms. The molecule has 0 bridgehead atoms. The summed E-state index contributed by atoms with van der Waals surface area (Å²) in [6, 6.07) is 9.33. The van der Waals surface area contributed by atoms with E-state index in [0.29, 0.717) is 12.6 Å². The quantitative estimate of drug-likeness (QED) is 0.358. The molecule has 3 heteroatoms. The number of esters is 1. The Morgan fingerprint density at radius 3 is 2.42 bits per heavy atom. The highest BCUT2D eigenvalue weighted by Gasteiger charge is 2.13. The molecule has 1 aromatic carbocycles. The third-order valence-electron chi connectivity index (χ3n) is 4.83. The first-order chi connectivity index (χ1) is 12.6. The van der Waals surface area contributed by atoms with Crippen molar-refractivity contribution < 1.29 is 9.53 Å². The Labute approximate surface area is 158 Å². The van der Waals surface area contributed by atoms with E-state index in [9.17, 15) is 4.79 Å². The van der Waals surface area contributed by atoms with Crippen molar-refractivity contribution in [3.05, 3.63) is 42.1 Å². The molecule has 142 valence electrons. The Balaban J connectivity index is 2.37. The summed E-state index contributed by atoms with van der Waals surface area (Å²) in [5.74, 6) is -0.250. The van der Waals surface area contributed by atoms with Crippen LogP contribution in [-0.4, -0.2) is 17.1 Å². The minimum atomic E-state index is -0.250. The summed E-state index contributed by atoms with van der Waals surface area (Å²) >= 11 is 0. The summed E-state index contributed by atoms with van der Waals surface area (Å²) in [5, 5.41) is 1.24. The summed E-state index contributed by atoms with van der Waals surface area (Å²) in [7, 11) is 0. The number of carbonyl (C=O) groups excluding carboxylic acids is 1. The van der Waals surface area contributed by atoms with Crippen molar-refractivity contribution in [2.75, 3.05) is 6.61 Å². The molecular formula is C23H33NO2. The molecule has 0 aliphatic rings. The summed E-state index contributed by atoms with van der Waals surface area (Å²) in [4.78, 5) is 11.9. The van der Waals surface area contributed by atoms with Crippen molar-refractivity contribution in [3.63, 3.8) is 0 Å². The van der Waals surface area contributed by atoms with Crippen molar-refractivity contribution in [2.45, 2.75) is 72.3 Å². The van der Waals surface area contributed by atoms with Crippen molar-refractivity contribution in [1.82, 2.24) is 4.57 Å². The molecule has 2 rings (SSSR count). The summed E-state index contributed by atoms with van der Waals surface area (Å²) in [5.41, 5.74) is 3.46. The zero-order chi connectivity index (χ0) is 18.9. The molecule has 0 radical (unpaired) electrons. The topological polar surface area (TPSA) is 31.2 Å². The number of nitrogens with zero attached hydrogens (tertiary/aromatic N) is 1.